The Morgan fingerprint density at radius 3 is 2.70 bits per heavy atom. The number of nitrogen functional groups attached to an aromatic ring is 1. The summed E-state index contributed by atoms with van der Waals surface area (Å²) in [6.45, 7) is 2.31. The van der Waals surface area contributed by atoms with Gasteiger partial charge in [-0.3, -0.25) is 13.9 Å². The van der Waals surface area contributed by atoms with Crippen molar-refractivity contribution in [2.24, 2.45) is 14.1 Å². The van der Waals surface area contributed by atoms with Gasteiger partial charge >= 0.3 is 5.69 Å². The number of aromatic nitrogens is 4. The second-order valence-corrected chi connectivity index (χ2v) is 4.87. The summed E-state index contributed by atoms with van der Waals surface area (Å²) in [7, 11) is 2.93. The van der Waals surface area contributed by atoms with Crippen molar-refractivity contribution in [3.05, 3.63) is 32.2 Å². The standard InChI is InChI=1S/C12H15N5O3/c1-5-8-6(4-20-5)14-10(15-8)7-9(13)16(2)12(19)17(3)11(7)18/h5H,4,13H2,1-3H3,(H,14,15). The molecular formula is C12H15N5O3. The van der Waals surface area contributed by atoms with E-state index in [0.29, 0.717) is 12.4 Å². The first-order valence-electron chi connectivity index (χ1n) is 6.18. The van der Waals surface area contributed by atoms with Gasteiger partial charge in [-0.25, -0.2) is 9.78 Å². The lowest BCUT2D eigenvalue weighted by Crippen LogP contribution is -2.39. The Balaban J connectivity index is 2.29. The van der Waals surface area contributed by atoms with Crippen LogP contribution in [0.15, 0.2) is 9.59 Å². The molecule has 3 heterocycles. The first kappa shape index (κ1) is 12.7. The average Bonchev–Trinajstić information content (AvgIpc) is 2.97. The van der Waals surface area contributed by atoms with Gasteiger partial charge in [0.2, 0.25) is 0 Å². The van der Waals surface area contributed by atoms with Crippen molar-refractivity contribution in [1.82, 2.24) is 19.1 Å². The highest BCUT2D eigenvalue weighted by Gasteiger charge is 2.26. The van der Waals surface area contributed by atoms with Gasteiger partial charge in [0.25, 0.3) is 5.56 Å². The molecule has 2 aromatic heterocycles. The van der Waals surface area contributed by atoms with Crippen molar-refractivity contribution in [3.63, 3.8) is 0 Å². The first-order chi connectivity index (χ1) is 9.41. The van der Waals surface area contributed by atoms with Gasteiger partial charge in [-0.2, -0.15) is 0 Å². The molecule has 1 aliphatic heterocycles. The lowest BCUT2D eigenvalue weighted by molar-refractivity contribution is 0.0762. The number of aromatic amines is 1. The van der Waals surface area contributed by atoms with Crippen LogP contribution in [0.1, 0.15) is 24.4 Å². The number of H-pyrrole nitrogens is 1. The number of nitrogens with two attached hydrogens (primary N) is 1. The number of ether oxygens (including phenoxy) is 1. The van der Waals surface area contributed by atoms with E-state index in [9.17, 15) is 9.59 Å². The minimum Gasteiger partial charge on any atom is -0.384 e. The second-order valence-electron chi connectivity index (χ2n) is 4.87. The molecule has 1 atom stereocenters. The lowest BCUT2D eigenvalue weighted by atomic mass is 10.2. The zero-order chi connectivity index (χ0) is 14.6. The van der Waals surface area contributed by atoms with E-state index in [1.54, 1.807) is 0 Å². The summed E-state index contributed by atoms with van der Waals surface area (Å²) < 4.78 is 7.66. The van der Waals surface area contributed by atoms with Crippen molar-refractivity contribution < 1.29 is 4.74 Å². The van der Waals surface area contributed by atoms with E-state index >= 15 is 0 Å². The predicted octanol–water partition coefficient (Wildman–Crippen LogP) is -0.352. The maximum Gasteiger partial charge on any atom is 0.332 e. The molecule has 0 aromatic carbocycles. The van der Waals surface area contributed by atoms with Crippen molar-refractivity contribution in [1.29, 1.82) is 0 Å². The Bertz CT molecular complexity index is 814. The molecule has 2 aromatic rings. The fourth-order valence-corrected chi connectivity index (χ4v) is 2.36. The SMILES string of the molecule is CC1OCc2[nH]c(-c3c(N)n(C)c(=O)n(C)c3=O)nc21. The van der Waals surface area contributed by atoms with Crippen LogP contribution in [0.3, 0.4) is 0 Å². The zero-order valence-electron chi connectivity index (χ0n) is 11.4. The van der Waals surface area contributed by atoms with E-state index in [4.69, 9.17) is 10.5 Å². The number of anilines is 1. The Morgan fingerprint density at radius 1 is 1.35 bits per heavy atom. The molecule has 106 valence electrons. The predicted molar refractivity (Wildman–Crippen MR) is 72.1 cm³/mol. The molecule has 3 rings (SSSR count). The molecule has 0 saturated heterocycles. The Hall–Kier alpha value is -2.35. The van der Waals surface area contributed by atoms with Gasteiger partial charge < -0.3 is 15.5 Å². The van der Waals surface area contributed by atoms with E-state index in [0.717, 1.165) is 16.0 Å². The minimum absolute atomic E-state index is 0.0964. The van der Waals surface area contributed by atoms with E-state index in [1.807, 2.05) is 6.92 Å². The first-order valence-corrected chi connectivity index (χ1v) is 6.18. The molecular weight excluding hydrogens is 262 g/mol. The van der Waals surface area contributed by atoms with Crippen LogP contribution >= 0.6 is 0 Å². The molecule has 8 heteroatoms. The van der Waals surface area contributed by atoms with Gasteiger partial charge in [0.05, 0.1) is 24.1 Å². The van der Waals surface area contributed by atoms with Crippen LogP contribution in [0.5, 0.6) is 0 Å². The summed E-state index contributed by atoms with van der Waals surface area (Å²) in [6, 6.07) is 0. The molecule has 0 saturated carbocycles. The Kier molecular flexibility index (Phi) is 2.58. The molecule has 0 bridgehead atoms. The summed E-state index contributed by atoms with van der Waals surface area (Å²) in [5, 5.41) is 0. The third kappa shape index (κ3) is 1.54. The van der Waals surface area contributed by atoms with Crippen LogP contribution in [0.25, 0.3) is 11.4 Å². The quantitative estimate of drug-likeness (QED) is 0.740. The number of rotatable bonds is 1. The molecule has 3 N–H and O–H groups in total. The monoisotopic (exact) mass is 277 g/mol. The summed E-state index contributed by atoms with van der Waals surface area (Å²) in [5.74, 6) is 0.470. The second kappa shape index (κ2) is 4.07. The average molecular weight is 277 g/mol. The van der Waals surface area contributed by atoms with Gasteiger partial charge in [0.1, 0.15) is 17.2 Å². The van der Waals surface area contributed by atoms with E-state index in [-0.39, 0.29) is 17.5 Å². The molecule has 1 unspecified atom stereocenters. The highest BCUT2D eigenvalue weighted by atomic mass is 16.5. The third-order valence-corrected chi connectivity index (χ3v) is 3.62. The number of nitrogens with one attached hydrogen (secondary N) is 1. The van der Waals surface area contributed by atoms with Crippen LogP contribution in [-0.2, 0) is 25.4 Å². The van der Waals surface area contributed by atoms with Crippen LogP contribution in [0.4, 0.5) is 5.82 Å². The number of imidazole rings is 1. The minimum atomic E-state index is -0.466. The topological polar surface area (TPSA) is 108 Å². The largest absolute Gasteiger partial charge is 0.384 e. The van der Waals surface area contributed by atoms with Crippen LogP contribution in [0, 0.1) is 0 Å². The van der Waals surface area contributed by atoms with E-state index in [1.165, 1.54) is 18.7 Å². The van der Waals surface area contributed by atoms with Crippen LogP contribution in [0.2, 0.25) is 0 Å². The summed E-state index contributed by atoms with van der Waals surface area (Å²) in [6.07, 6.45) is -0.118. The molecule has 0 spiro atoms. The molecule has 20 heavy (non-hydrogen) atoms. The molecule has 0 radical (unpaired) electrons. The van der Waals surface area contributed by atoms with Crippen LogP contribution in [-0.4, -0.2) is 19.1 Å². The van der Waals surface area contributed by atoms with Crippen molar-refractivity contribution >= 4 is 5.82 Å². The van der Waals surface area contributed by atoms with Gasteiger partial charge in [-0.05, 0) is 6.92 Å². The fourth-order valence-electron chi connectivity index (χ4n) is 2.36. The zero-order valence-corrected chi connectivity index (χ0v) is 11.4. The van der Waals surface area contributed by atoms with Gasteiger partial charge in [-0.1, -0.05) is 0 Å². The summed E-state index contributed by atoms with van der Waals surface area (Å²) in [4.78, 5) is 31.5. The van der Waals surface area contributed by atoms with E-state index < -0.39 is 11.2 Å². The molecule has 0 aliphatic carbocycles. The summed E-state index contributed by atoms with van der Waals surface area (Å²) in [5.41, 5.74) is 6.78. The smallest absolute Gasteiger partial charge is 0.332 e. The van der Waals surface area contributed by atoms with Crippen molar-refractivity contribution in [3.8, 4) is 11.4 Å². The van der Waals surface area contributed by atoms with Crippen molar-refractivity contribution in [2.45, 2.75) is 19.6 Å². The number of hydrogen-bond donors (Lipinski definition) is 2. The Morgan fingerprint density at radius 2 is 2.05 bits per heavy atom. The van der Waals surface area contributed by atoms with Crippen molar-refractivity contribution in [2.75, 3.05) is 5.73 Å². The maximum absolute atomic E-state index is 12.2. The number of fused-ring (bicyclic) bond motifs is 1. The fraction of sp³-hybridized carbons (Fsp3) is 0.417. The number of nitrogens with zero attached hydrogens (tertiary/aromatic N) is 3. The lowest BCUT2D eigenvalue weighted by Gasteiger charge is -2.10. The maximum atomic E-state index is 12.2. The van der Waals surface area contributed by atoms with E-state index in [2.05, 4.69) is 9.97 Å². The Labute approximate surface area is 113 Å². The highest BCUT2D eigenvalue weighted by molar-refractivity contribution is 5.68. The molecule has 8 nitrogen and oxygen atoms in total. The molecule has 1 aliphatic rings. The third-order valence-electron chi connectivity index (χ3n) is 3.62. The highest BCUT2D eigenvalue weighted by Crippen LogP contribution is 2.30. The van der Waals surface area contributed by atoms with Gasteiger partial charge in [0.15, 0.2) is 0 Å². The molecule has 0 fully saturated rings. The van der Waals surface area contributed by atoms with Crippen LogP contribution < -0.4 is 17.0 Å². The molecule has 0 amide bonds. The summed E-state index contributed by atoms with van der Waals surface area (Å²) >= 11 is 0. The normalized spacial score (nSPS) is 17.4. The number of hydrogen-bond acceptors (Lipinski definition) is 5. The van der Waals surface area contributed by atoms with Gasteiger partial charge in [-0.15, -0.1) is 0 Å². The van der Waals surface area contributed by atoms with Gasteiger partial charge in [0, 0.05) is 14.1 Å².